The van der Waals surface area contributed by atoms with E-state index in [4.69, 9.17) is 47.6 Å². The first-order valence-electron chi connectivity index (χ1n) is 30.2. The molecule has 0 bridgehead atoms. The van der Waals surface area contributed by atoms with Crippen molar-refractivity contribution in [2.75, 3.05) is 119 Å². The minimum absolute atomic E-state index is 0.0180. The maximum absolute atomic E-state index is 15.5. The van der Waals surface area contributed by atoms with E-state index >= 15 is 4.39 Å². The van der Waals surface area contributed by atoms with Gasteiger partial charge in [0.15, 0.2) is 5.60 Å². The van der Waals surface area contributed by atoms with Crippen molar-refractivity contribution in [3.63, 3.8) is 0 Å². The Morgan fingerprint density at radius 2 is 1.32 bits per heavy atom. The molecule has 7 rings (SSSR count). The standard InChI is InChI=1S/C61H86FN7O18/c1-8-61(78)44-32-48-55-42(34-69(48)59(76)43(44)35-87-60(61)77)53-46(10-9-40-38(6)45(62)33-47(65-55)52(40)53)66-56(73)39(7)64-57(74)54(37(4)5)67-50(71)12-15-79-17-19-81-21-23-83-25-27-85-29-30-86-28-26-84-24-22-82-20-18-80-16-13-63-49(70)11-14-68-51(72)31-41(36(2)3)58(68)75/h32-33,36-37,39,41,46,54,78H,8-31,34-35H2,1-7H3,(H,63,70)(H,64,74)(H,66,73)(H,67,71)/t39-,41?,46+,54+,61+/m1/s1. The largest absolute Gasteiger partial charge is 0.458 e. The van der Waals surface area contributed by atoms with Crippen LogP contribution in [0, 0.1) is 30.5 Å². The number of halogens is 1. The lowest BCUT2D eigenvalue weighted by molar-refractivity contribution is -0.172. The summed E-state index contributed by atoms with van der Waals surface area (Å²) in [5.74, 6) is -4.00. The number of likely N-dealkylation sites (tertiary alicyclic amines) is 1. The molecule has 5 heterocycles. The minimum atomic E-state index is -2.04. The van der Waals surface area contributed by atoms with Crippen LogP contribution in [0.2, 0.25) is 0 Å². The summed E-state index contributed by atoms with van der Waals surface area (Å²) in [5, 5.41) is 23.4. The lowest BCUT2D eigenvalue weighted by Crippen LogP contribution is -2.55. The molecular formula is C61H86FN7O18. The number of aromatic nitrogens is 2. The number of esters is 1. The van der Waals surface area contributed by atoms with E-state index in [2.05, 4.69) is 21.3 Å². The Morgan fingerprint density at radius 3 is 1.87 bits per heavy atom. The van der Waals surface area contributed by atoms with Crippen LogP contribution in [0.1, 0.15) is 113 Å². The fraction of sp³-hybridized carbons (Fsp3) is 0.656. The Bertz CT molecular complexity index is 2990. The number of carbonyl (C=O) groups excluding carboxylic acids is 7. The molecule has 6 amide bonds. The van der Waals surface area contributed by atoms with E-state index in [1.807, 2.05) is 13.8 Å². The fourth-order valence-corrected chi connectivity index (χ4v) is 11.0. The maximum Gasteiger partial charge on any atom is 0.343 e. The second-order valence-electron chi connectivity index (χ2n) is 22.6. The monoisotopic (exact) mass is 1220 g/mol. The SMILES string of the molecule is CC[C@@]1(O)C(=O)OCc2c1cc1n(c2=O)Cc2c-1nc1cc(F)c(C)c3c1c2[C@@H](NC(=O)[C@@H](C)NC(=O)[C@@H](NC(=O)CCOCCOCCOCCOCCOCCOCCOCCOCCNC(=O)CCN1C(=O)CC(C(C)C)C1=O)C(C)C)CC3. The highest BCUT2D eigenvalue weighted by Gasteiger charge is 2.46. The van der Waals surface area contributed by atoms with Gasteiger partial charge in [0.25, 0.3) is 5.56 Å². The van der Waals surface area contributed by atoms with Crippen LogP contribution in [0.25, 0.3) is 22.3 Å². The second-order valence-corrected chi connectivity index (χ2v) is 22.6. The molecular weight excluding hydrogens is 1140 g/mol. The van der Waals surface area contributed by atoms with Gasteiger partial charge in [-0.3, -0.25) is 38.5 Å². The number of aryl methyl sites for hydroxylation is 1. The number of nitrogens with one attached hydrogen (secondary N) is 4. The summed E-state index contributed by atoms with van der Waals surface area (Å²) in [5.41, 5.74) is 1.36. The van der Waals surface area contributed by atoms with E-state index in [0.717, 1.165) is 5.56 Å². The lowest BCUT2D eigenvalue weighted by Gasteiger charge is -2.31. The number of amides is 6. The number of carbonyl (C=O) groups is 7. The molecule has 1 aromatic carbocycles. The van der Waals surface area contributed by atoms with Gasteiger partial charge in [0.05, 0.1) is 141 Å². The number of ether oxygens (including phenoxy) is 9. The summed E-state index contributed by atoms with van der Waals surface area (Å²) in [6.07, 6.45) is 1.01. The number of fused-ring (bicyclic) bond motifs is 5. The molecule has 26 heteroatoms. The van der Waals surface area contributed by atoms with Crippen molar-refractivity contribution in [2.45, 2.75) is 124 Å². The molecule has 480 valence electrons. The molecule has 5 atom stereocenters. The van der Waals surface area contributed by atoms with E-state index in [9.17, 15) is 43.5 Å². The van der Waals surface area contributed by atoms with Crippen molar-refractivity contribution in [3.05, 3.63) is 61.7 Å². The van der Waals surface area contributed by atoms with Crippen LogP contribution >= 0.6 is 0 Å². The number of benzene rings is 1. The highest BCUT2D eigenvalue weighted by Crippen LogP contribution is 2.46. The van der Waals surface area contributed by atoms with E-state index in [1.165, 1.54) is 15.5 Å². The van der Waals surface area contributed by atoms with Crippen molar-refractivity contribution in [1.29, 1.82) is 0 Å². The zero-order valence-corrected chi connectivity index (χ0v) is 51.1. The van der Waals surface area contributed by atoms with E-state index < -0.39 is 58.8 Å². The first-order valence-corrected chi connectivity index (χ1v) is 30.2. The van der Waals surface area contributed by atoms with Crippen LogP contribution in [-0.4, -0.2) is 192 Å². The van der Waals surface area contributed by atoms with Gasteiger partial charge in [-0.2, -0.15) is 0 Å². The van der Waals surface area contributed by atoms with Gasteiger partial charge in [0.1, 0.15) is 24.5 Å². The molecule has 25 nitrogen and oxygen atoms in total. The van der Waals surface area contributed by atoms with Crippen LogP contribution in [0.3, 0.4) is 0 Å². The molecule has 0 radical (unpaired) electrons. The summed E-state index contributed by atoms with van der Waals surface area (Å²) >= 11 is 0. The van der Waals surface area contributed by atoms with E-state index in [1.54, 1.807) is 40.7 Å². The van der Waals surface area contributed by atoms with Gasteiger partial charge in [-0.25, -0.2) is 14.2 Å². The molecule has 2 aromatic heterocycles. The molecule has 1 unspecified atom stereocenters. The number of rotatable bonds is 38. The predicted molar refractivity (Wildman–Crippen MR) is 311 cm³/mol. The van der Waals surface area contributed by atoms with Crippen molar-refractivity contribution >= 4 is 52.3 Å². The summed E-state index contributed by atoms with van der Waals surface area (Å²) in [6, 6.07) is 0.297. The predicted octanol–water partition coefficient (Wildman–Crippen LogP) is 2.34. The molecule has 0 spiro atoms. The molecule has 4 aliphatic rings. The number of pyridine rings is 2. The van der Waals surface area contributed by atoms with Crippen molar-refractivity contribution < 1.29 is 85.7 Å². The molecule has 5 N–H and O–H groups in total. The maximum atomic E-state index is 15.5. The first-order chi connectivity index (χ1) is 41.8. The zero-order chi connectivity index (χ0) is 62.8. The average molecular weight is 1220 g/mol. The summed E-state index contributed by atoms with van der Waals surface area (Å²) < 4.78 is 66.3. The molecule has 87 heavy (non-hydrogen) atoms. The normalized spacial score (nSPS) is 18.4. The van der Waals surface area contributed by atoms with Gasteiger partial charge in [0.2, 0.25) is 35.4 Å². The summed E-state index contributed by atoms with van der Waals surface area (Å²) in [4.78, 5) is 110. The van der Waals surface area contributed by atoms with Gasteiger partial charge in [-0.1, -0.05) is 34.6 Å². The Hall–Kier alpha value is -6.36. The highest BCUT2D eigenvalue weighted by atomic mass is 19.1. The number of cyclic esters (lactones) is 1. The Balaban J connectivity index is 0.687. The summed E-state index contributed by atoms with van der Waals surface area (Å²) in [7, 11) is 0. The van der Waals surface area contributed by atoms with Crippen molar-refractivity contribution in [1.82, 2.24) is 35.7 Å². The number of hydrogen-bond acceptors (Lipinski definition) is 19. The quantitative estimate of drug-likeness (QED) is 0.0244. The molecule has 0 saturated carbocycles. The molecule has 1 fully saturated rings. The highest BCUT2D eigenvalue weighted by molar-refractivity contribution is 6.04. The Labute approximate surface area is 505 Å². The number of imide groups is 1. The number of aliphatic hydroxyl groups is 1. The van der Waals surface area contributed by atoms with Gasteiger partial charge < -0.3 is 73.6 Å². The molecule has 3 aliphatic heterocycles. The number of hydrogen-bond donors (Lipinski definition) is 5. The van der Waals surface area contributed by atoms with Crippen LogP contribution < -0.4 is 26.8 Å². The van der Waals surface area contributed by atoms with Crippen molar-refractivity contribution in [3.8, 4) is 11.4 Å². The number of nitrogens with zero attached hydrogens (tertiary/aromatic N) is 3. The Morgan fingerprint density at radius 1 is 0.747 bits per heavy atom. The van der Waals surface area contributed by atoms with Gasteiger partial charge in [-0.05, 0) is 67.7 Å². The van der Waals surface area contributed by atoms with Gasteiger partial charge >= 0.3 is 5.97 Å². The van der Waals surface area contributed by atoms with Crippen molar-refractivity contribution in [2.24, 2.45) is 17.8 Å². The van der Waals surface area contributed by atoms with Crippen LogP contribution in [-0.2, 0) is 101 Å². The lowest BCUT2D eigenvalue weighted by atomic mass is 9.81. The fourth-order valence-electron chi connectivity index (χ4n) is 11.0. The molecule has 3 aromatic rings. The summed E-state index contributed by atoms with van der Waals surface area (Å²) in [6.45, 7) is 17.9. The zero-order valence-electron chi connectivity index (χ0n) is 51.1. The minimum Gasteiger partial charge on any atom is -0.458 e. The van der Waals surface area contributed by atoms with Crippen LogP contribution in [0.5, 0.6) is 0 Å². The third-order valence-corrected chi connectivity index (χ3v) is 16.0. The molecule has 1 saturated heterocycles. The van der Waals surface area contributed by atoms with E-state index in [-0.39, 0.29) is 112 Å². The first kappa shape index (κ1) is 68.1. The van der Waals surface area contributed by atoms with E-state index in [0.29, 0.717) is 144 Å². The third kappa shape index (κ3) is 17.5. The average Bonchev–Trinajstić information content (AvgIpc) is 1.67. The second kappa shape index (κ2) is 32.7. The third-order valence-electron chi connectivity index (χ3n) is 16.0. The van der Waals surface area contributed by atoms with Crippen LogP contribution in [0.4, 0.5) is 4.39 Å². The van der Waals surface area contributed by atoms with Gasteiger partial charge in [0, 0.05) is 60.8 Å². The smallest absolute Gasteiger partial charge is 0.343 e. The Kier molecular flexibility index (Phi) is 25.6. The topological polar surface area (TPSA) is 309 Å². The molecule has 1 aliphatic carbocycles. The van der Waals surface area contributed by atoms with Gasteiger partial charge in [-0.15, -0.1) is 0 Å². The van der Waals surface area contributed by atoms with Crippen LogP contribution in [0.15, 0.2) is 16.9 Å².